The van der Waals surface area contributed by atoms with Crippen molar-refractivity contribution in [3.8, 4) is 23.3 Å². The maximum absolute atomic E-state index is 11.5. The number of aromatic carboxylic acids is 1. The summed E-state index contributed by atoms with van der Waals surface area (Å²) in [4.78, 5) is 11.5. The highest BCUT2D eigenvalue weighted by atomic mass is 16.5. The number of benzene rings is 2. The van der Waals surface area contributed by atoms with Gasteiger partial charge in [-0.1, -0.05) is 17.9 Å². The third-order valence-corrected chi connectivity index (χ3v) is 3.56. The van der Waals surface area contributed by atoms with Crippen molar-refractivity contribution in [2.75, 3.05) is 7.11 Å². The van der Waals surface area contributed by atoms with E-state index in [9.17, 15) is 9.90 Å². The zero-order valence-electron chi connectivity index (χ0n) is 13.1. The van der Waals surface area contributed by atoms with Gasteiger partial charge in [0.2, 0.25) is 0 Å². The van der Waals surface area contributed by atoms with Gasteiger partial charge in [-0.25, -0.2) is 4.79 Å². The molecule has 3 aromatic rings. The van der Waals surface area contributed by atoms with E-state index in [1.807, 2.05) is 42.5 Å². The highest BCUT2D eigenvalue weighted by Crippen LogP contribution is 2.20. The van der Waals surface area contributed by atoms with E-state index in [1.165, 1.54) is 0 Å². The summed E-state index contributed by atoms with van der Waals surface area (Å²) >= 11 is 0. The van der Waals surface area contributed by atoms with Crippen LogP contribution in [0.5, 0.6) is 5.75 Å². The number of nitrogens with zero attached hydrogens (tertiary/aromatic N) is 1. The zero-order chi connectivity index (χ0) is 16.9. The van der Waals surface area contributed by atoms with E-state index in [2.05, 4.69) is 11.8 Å². The zero-order valence-corrected chi connectivity index (χ0v) is 13.1. The van der Waals surface area contributed by atoms with Gasteiger partial charge >= 0.3 is 5.97 Å². The minimum absolute atomic E-state index is 0.215. The maximum Gasteiger partial charge on any atom is 0.337 e. The van der Waals surface area contributed by atoms with Crippen LogP contribution in [0.4, 0.5) is 0 Å². The van der Waals surface area contributed by atoms with Crippen LogP contribution in [-0.2, 0) is 0 Å². The Labute approximate surface area is 139 Å². The largest absolute Gasteiger partial charge is 0.497 e. The number of aromatic nitrogens is 1. The highest BCUT2D eigenvalue weighted by Gasteiger charge is 2.14. The van der Waals surface area contributed by atoms with Crippen LogP contribution < -0.4 is 4.74 Å². The Balaban J connectivity index is 2.07. The summed E-state index contributed by atoms with van der Waals surface area (Å²) in [5, 5.41) is 9.46. The number of hydrogen-bond donors (Lipinski definition) is 1. The Morgan fingerprint density at radius 1 is 1.00 bits per heavy atom. The fourth-order valence-electron chi connectivity index (χ4n) is 2.39. The van der Waals surface area contributed by atoms with Crippen LogP contribution in [-0.4, -0.2) is 22.8 Å². The molecular weight excluding hydrogens is 302 g/mol. The van der Waals surface area contributed by atoms with Crippen molar-refractivity contribution in [1.82, 2.24) is 4.57 Å². The summed E-state index contributed by atoms with van der Waals surface area (Å²) < 4.78 is 6.89. The van der Waals surface area contributed by atoms with Crippen LogP contribution in [0.2, 0.25) is 0 Å². The van der Waals surface area contributed by atoms with Gasteiger partial charge in [0, 0.05) is 23.5 Å². The predicted molar refractivity (Wildman–Crippen MR) is 91.7 cm³/mol. The lowest BCUT2D eigenvalue weighted by molar-refractivity contribution is 0.0697. The number of carboxylic acids is 1. The van der Waals surface area contributed by atoms with E-state index in [0.717, 1.165) is 11.3 Å². The molecule has 0 aliphatic carbocycles. The number of hydrogen-bond acceptors (Lipinski definition) is 2. The summed E-state index contributed by atoms with van der Waals surface area (Å²) in [6, 6.07) is 16.2. The van der Waals surface area contributed by atoms with Crippen LogP contribution >= 0.6 is 0 Å². The van der Waals surface area contributed by atoms with Crippen molar-refractivity contribution < 1.29 is 14.6 Å². The molecule has 0 fully saturated rings. The van der Waals surface area contributed by atoms with Crippen molar-refractivity contribution in [3.05, 3.63) is 83.7 Å². The van der Waals surface area contributed by atoms with Crippen molar-refractivity contribution in [2.45, 2.75) is 0 Å². The molecule has 24 heavy (non-hydrogen) atoms. The van der Waals surface area contributed by atoms with Crippen LogP contribution in [0.15, 0.2) is 67.0 Å². The molecule has 0 atom stereocenters. The molecule has 0 aliphatic heterocycles. The summed E-state index contributed by atoms with van der Waals surface area (Å²) in [6.07, 6.45) is 3.61. The van der Waals surface area contributed by atoms with Gasteiger partial charge in [0.1, 0.15) is 5.75 Å². The van der Waals surface area contributed by atoms with Crippen molar-refractivity contribution >= 4 is 5.97 Å². The Kier molecular flexibility index (Phi) is 4.35. The smallest absolute Gasteiger partial charge is 0.337 e. The Morgan fingerprint density at radius 2 is 1.71 bits per heavy atom. The Bertz CT molecular complexity index is 914. The second kappa shape index (κ2) is 6.76. The summed E-state index contributed by atoms with van der Waals surface area (Å²) in [6.45, 7) is 0. The van der Waals surface area contributed by atoms with E-state index in [0.29, 0.717) is 11.3 Å². The molecule has 0 saturated carbocycles. The third kappa shape index (κ3) is 3.16. The fraction of sp³-hybridized carbons (Fsp3) is 0.0500. The van der Waals surface area contributed by atoms with Crippen molar-refractivity contribution in [2.24, 2.45) is 0 Å². The van der Waals surface area contributed by atoms with Gasteiger partial charge in [-0.05, 0) is 48.5 Å². The molecule has 0 saturated heterocycles. The molecular formula is C20H15NO3. The predicted octanol–water partition coefficient (Wildman–Crippen LogP) is 3.58. The van der Waals surface area contributed by atoms with Gasteiger partial charge in [0.25, 0.3) is 0 Å². The third-order valence-electron chi connectivity index (χ3n) is 3.56. The van der Waals surface area contributed by atoms with Crippen LogP contribution in [0.1, 0.15) is 21.5 Å². The number of carboxylic acid groups (broad SMARTS) is 1. The standard InChI is InChI=1S/C20H15NO3/c1-24-17-11-8-15(9-12-17)7-10-16-5-4-6-18(20(22)23)19(16)21-13-2-3-14-21/h2-6,8-9,11-14H,1H3,(H,22,23). The number of ether oxygens (including phenoxy) is 1. The molecule has 0 bridgehead atoms. The van der Waals surface area contributed by atoms with Crippen LogP contribution in [0, 0.1) is 11.8 Å². The quantitative estimate of drug-likeness (QED) is 0.751. The van der Waals surface area contributed by atoms with Gasteiger partial charge in [0.15, 0.2) is 0 Å². The average Bonchev–Trinajstić information content (AvgIpc) is 3.14. The van der Waals surface area contributed by atoms with Gasteiger partial charge in [-0.2, -0.15) is 0 Å². The second-order valence-electron chi connectivity index (χ2n) is 5.08. The van der Waals surface area contributed by atoms with Gasteiger partial charge in [-0.3, -0.25) is 0 Å². The van der Waals surface area contributed by atoms with Gasteiger partial charge in [0.05, 0.1) is 18.4 Å². The average molecular weight is 317 g/mol. The van der Waals surface area contributed by atoms with Gasteiger partial charge in [-0.15, -0.1) is 0 Å². The monoisotopic (exact) mass is 317 g/mol. The van der Waals surface area contributed by atoms with Crippen LogP contribution in [0.25, 0.3) is 5.69 Å². The van der Waals surface area contributed by atoms with E-state index in [4.69, 9.17) is 4.74 Å². The minimum Gasteiger partial charge on any atom is -0.497 e. The first-order valence-electron chi connectivity index (χ1n) is 7.35. The Hall–Kier alpha value is -3.45. The fourth-order valence-corrected chi connectivity index (χ4v) is 2.39. The lowest BCUT2D eigenvalue weighted by atomic mass is 10.1. The second-order valence-corrected chi connectivity index (χ2v) is 5.08. The molecule has 0 amide bonds. The number of carbonyl (C=O) groups is 1. The molecule has 1 aromatic heterocycles. The molecule has 0 aliphatic rings. The molecule has 0 radical (unpaired) electrons. The molecule has 0 unspecified atom stereocenters. The van der Waals surface area contributed by atoms with Crippen molar-refractivity contribution in [3.63, 3.8) is 0 Å². The Morgan fingerprint density at radius 3 is 2.33 bits per heavy atom. The number of methoxy groups -OCH3 is 1. The molecule has 0 spiro atoms. The molecule has 1 heterocycles. The topological polar surface area (TPSA) is 51.5 Å². The molecule has 118 valence electrons. The summed E-state index contributed by atoms with van der Waals surface area (Å²) in [5.41, 5.74) is 2.26. The normalized spacial score (nSPS) is 9.88. The van der Waals surface area contributed by atoms with Gasteiger partial charge < -0.3 is 14.4 Å². The summed E-state index contributed by atoms with van der Waals surface area (Å²) in [7, 11) is 1.61. The highest BCUT2D eigenvalue weighted by molar-refractivity contribution is 5.93. The lowest BCUT2D eigenvalue weighted by Gasteiger charge is -2.10. The first-order chi connectivity index (χ1) is 11.7. The molecule has 4 heteroatoms. The van der Waals surface area contributed by atoms with E-state index < -0.39 is 5.97 Å². The molecule has 1 N–H and O–H groups in total. The van der Waals surface area contributed by atoms with E-state index >= 15 is 0 Å². The summed E-state index contributed by atoms with van der Waals surface area (Å²) in [5.74, 6) is 5.93. The molecule has 4 nitrogen and oxygen atoms in total. The molecule has 2 aromatic carbocycles. The van der Waals surface area contributed by atoms with E-state index in [-0.39, 0.29) is 5.56 Å². The number of rotatable bonds is 3. The number of para-hydroxylation sites is 1. The van der Waals surface area contributed by atoms with Crippen molar-refractivity contribution in [1.29, 1.82) is 0 Å². The van der Waals surface area contributed by atoms with Crippen LogP contribution in [0.3, 0.4) is 0 Å². The first kappa shape index (κ1) is 15.4. The van der Waals surface area contributed by atoms with E-state index in [1.54, 1.807) is 36.2 Å². The first-order valence-corrected chi connectivity index (χ1v) is 7.35. The SMILES string of the molecule is COc1ccc(C#Cc2cccc(C(=O)O)c2-n2cccc2)cc1. The molecule has 3 rings (SSSR count). The maximum atomic E-state index is 11.5. The lowest BCUT2D eigenvalue weighted by Crippen LogP contribution is -2.06. The minimum atomic E-state index is -0.980.